The molecule has 5 nitrogen and oxygen atoms in total. The number of aliphatic hydroxyl groups excluding tert-OH is 1. The highest BCUT2D eigenvalue weighted by molar-refractivity contribution is 5.73. The average molecular weight is 323 g/mol. The van der Waals surface area contributed by atoms with Crippen LogP contribution in [0.3, 0.4) is 0 Å². The number of nitrogens with one attached hydrogen (secondary N) is 1. The van der Waals surface area contributed by atoms with E-state index in [4.69, 9.17) is 4.74 Å². The van der Waals surface area contributed by atoms with Crippen LogP contribution in [0.1, 0.15) is 59.6 Å². The number of β-amino-alcohol motifs (C(OH)–C–C–N with tert-alkyl or cyclic N) is 1. The number of aliphatic hydroxyl groups is 1. The second-order valence-corrected chi connectivity index (χ2v) is 8.09. The maximum absolute atomic E-state index is 11.8. The Morgan fingerprint density at radius 2 is 1.83 bits per heavy atom. The Bertz CT molecular complexity index is 541. The number of benzene rings is 1. The van der Waals surface area contributed by atoms with E-state index in [2.05, 4.69) is 5.32 Å². The molecule has 130 valence electrons. The SMILES string of the molecule is CC(C)(C)CC(=O)Oc1ccc([C@@H](O)CNC(C)(C)C)cc1O. The number of esters is 1. The van der Waals surface area contributed by atoms with Crippen molar-refractivity contribution in [2.24, 2.45) is 5.41 Å². The highest BCUT2D eigenvalue weighted by atomic mass is 16.5. The van der Waals surface area contributed by atoms with Gasteiger partial charge in [-0.15, -0.1) is 0 Å². The fourth-order valence-corrected chi connectivity index (χ4v) is 1.94. The van der Waals surface area contributed by atoms with Crippen LogP contribution in [0.2, 0.25) is 0 Å². The molecule has 0 unspecified atom stereocenters. The second-order valence-electron chi connectivity index (χ2n) is 8.09. The molecule has 0 fully saturated rings. The lowest BCUT2D eigenvalue weighted by molar-refractivity contribution is -0.136. The number of hydrogen-bond acceptors (Lipinski definition) is 5. The van der Waals surface area contributed by atoms with Crippen LogP contribution in [0.15, 0.2) is 18.2 Å². The summed E-state index contributed by atoms with van der Waals surface area (Å²) < 4.78 is 5.18. The Hall–Kier alpha value is -1.59. The lowest BCUT2D eigenvalue weighted by Gasteiger charge is -2.23. The maximum Gasteiger partial charge on any atom is 0.311 e. The van der Waals surface area contributed by atoms with Gasteiger partial charge in [0.2, 0.25) is 0 Å². The zero-order chi connectivity index (χ0) is 17.8. The first-order valence-electron chi connectivity index (χ1n) is 7.84. The largest absolute Gasteiger partial charge is 0.504 e. The summed E-state index contributed by atoms with van der Waals surface area (Å²) in [4.78, 5) is 11.8. The molecule has 0 aliphatic heterocycles. The predicted octanol–water partition coefficient (Wildman–Crippen LogP) is 3.16. The van der Waals surface area contributed by atoms with E-state index >= 15 is 0 Å². The minimum atomic E-state index is -0.751. The van der Waals surface area contributed by atoms with Crippen molar-refractivity contribution >= 4 is 5.97 Å². The van der Waals surface area contributed by atoms with E-state index in [1.165, 1.54) is 12.1 Å². The van der Waals surface area contributed by atoms with Crippen molar-refractivity contribution in [2.45, 2.75) is 59.6 Å². The van der Waals surface area contributed by atoms with Gasteiger partial charge >= 0.3 is 5.97 Å². The molecule has 0 heterocycles. The third-order valence-electron chi connectivity index (χ3n) is 3.09. The minimum absolute atomic E-state index is 0.106. The van der Waals surface area contributed by atoms with Crippen molar-refractivity contribution < 1.29 is 19.7 Å². The molecule has 0 spiro atoms. The molecule has 1 aromatic carbocycles. The molecule has 3 N–H and O–H groups in total. The molecule has 1 aromatic rings. The van der Waals surface area contributed by atoms with Crippen molar-refractivity contribution in [2.75, 3.05) is 6.54 Å². The van der Waals surface area contributed by atoms with Crippen molar-refractivity contribution in [1.82, 2.24) is 5.32 Å². The van der Waals surface area contributed by atoms with Gasteiger partial charge in [0.05, 0.1) is 12.5 Å². The van der Waals surface area contributed by atoms with E-state index in [1.807, 2.05) is 41.5 Å². The summed E-state index contributed by atoms with van der Waals surface area (Å²) in [5.41, 5.74) is 0.280. The molecule has 1 rings (SSSR count). The molecular weight excluding hydrogens is 294 g/mol. The van der Waals surface area contributed by atoms with Crippen molar-refractivity contribution in [1.29, 1.82) is 0 Å². The quantitative estimate of drug-likeness (QED) is 0.573. The molecule has 0 amide bonds. The van der Waals surface area contributed by atoms with Crippen LogP contribution in [0, 0.1) is 5.41 Å². The normalized spacial score (nSPS) is 13.7. The van der Waals surface area contributed by atoms with Crippen LogP contribution in [-0.4, -0.2) is 28.3 Å². The molecule has 0 bridgehead atoms. The van der Waals surface area contributed by atoms with Gasteiger partial charge in [-0.2, -0.15) is 0 Å². The third-order valence-corrected chi connectivity index (χ3v) is 3.09. The number of ether oxygens (including phenoxy) is 1. The monoisotopic (exact) mass is 323 g/mol. The van der Waals surface area contributed by atoms with E-state index in [0.717, 1.165) is 0 Å². The van der Waals surface area contributed by atoms with Gasteiger partial charge < -0.3 is 20.3 Å². The van der Waals surface area contributed by atoms with Crippen LogP contribution in [0.4, 0.5) is 0 Å². The molecule has 0 saturated heterocycles. The summed E-state index contributed by atoms with van der Waals surface area (Å²) in [5.74, 6) is -0.436. The molecule has 23 heavy (non-hydrogen) atoms. The molecule has 0 saturated carbocycles. The summed E-state index contributed by atoms with van der Waals surface area (Å²) in [5, 5.41) is 23.4. The first kappa shape index (κ1) is 19.5. The highest BCUT2D eigenvalue weighted by Crippen LogP contribution is 2.30. The second kappa shape index (κ2) is 7.32. The summed E-state index contributed by atoms with van der Waals surface area (Å²) in [6.45, 7) is 12.2. The fraction of sp³-hybridized carbons (Fsp3) is 0.611. The summed E-state index contributed by atoms with van der Waals surface area (Å²) in [6, 6.07) is 4.58. The topological polar surface area (TPSA) is 78.8 Å². The number of phenolic OH excluding ortho intramolecular Hbond substituents is 1. The summed E-state index contributed by atoms with van der Waals surface area (Å²) >= 11 is 0. The Labute approximate surface area is 138 Å². The number of hydrogen-bond donors (Lipinski definition) is 3. The molecule has 0 aliphatic rings. The number of aromatic hydroxyl groups is 1. The van der Waals surface area contributed by atoms with Gasteiger partial charge in [0.1, 0.15) is 0 Å². The van der Waals surface area contributed by atoms with Crippen molar-refractivity contribution in [3.8, 4) is 11.5 Å². The molecule has 0 aromatic heterocycles. The number of carbonyl (C=O) groups is 1. The highest BCUT2D eigenvalue weighted by Gasteiger charge is 2.20. The standard InChI is InChI=1S/C18H29NO4/c1-17(2,3)10-16(22)23-15-8-7-12(9-13(15)20)14(21)11-19-18(4,5)6/h7-9,14,19-21H,10-11H2,1-6H3/t14-/m0/s1. The van der Waals surface area contributed by atoms with Gasteiger partial charge in [0.15, 0.2) is 11.5 Å². The zero-order valence-electron chi connectivity index (χ0n) is 14.9. The molecule has 1 atom stereocenters. The first-order chi connectivity index (χ1) is 10.4. The van der Waals surface area contributed by atoms with Gasteiger partial charge in [0, 0.05) is 12.1 Å². The van der Waals surface area contributed by atoms with Crippen LogP contribution in [-0.2, 0) is 4.79 Å². The smallest absolute Gasteiger partial charge is 0.311 e. The average Bonchev–Trinajstić information content (AvgIpc) is 2.35. The third kappa shape index (κ3) is 7.48. The van der Waals surface area contributed by atoms with E-state index in [9.17, 15) is 15.0 Å². The Kier molecular flexibility index (Phi) is 6.19. The van der Waals surface area contributed by atoms with Crippen molar-refractivity contribution in [3.63, 3.8) is 0 Å². The van der Waals surface area contributed by atoms with E-state index in [-0.39, 0.29) is 28.9 Å². The number of phenols is 1. The minimum Gasteiger partial charge on any atom is -0.504 e. The predicted molar refractivity (Wildman–Crippen MR) is 90.5 cm³/mol. The van der Waals surface area contributed by atoms with E-state index in [1.54, 1.807) is 6.07 Å². The molecule has 0 aliphatic carbocycles. The fourth-order valence-electron chi connectivity index (χ4n) is 1.94. The van der Waals surface area contributed by atoms with Gasteiger partial charge in [0.25, 0.3) is 0 Å². The van der Waals surface area contributed by atoms with Gasteiger partial charge in [-0.3, -0.25) is 4.79 Å². The summed E-state index contributed by atoms with van der Waals surface area (Å²) in [7, 11) is 0. The Morgan fingerprint density at radius 1 is 1.22 bits per heavy atom. The van der Waals surface area contributed by atoms with Gasteiger partial charge in [-0.1, -0.05) is 26.8 Å². The van der Waals surface area contributed by atoms with Gasteiger partial charge in [-0.25, -0.2) is 0 Å². The first-order valence-corrected chi connectivity index (χ1v) is 7.84. The lowest BCUT2D eigenvalue weighted by atomic mass is 9.92. The summed E-state index contributed by atoms with van der Waals surface area (Å²) in [6.07, 6.45) is -0.494. The van der Waals surface area contributed by atoms with E-state index < -0.39 is 12.1 Å². The molecule has 5 heteroatoms. The van der Waals surface area contributed by atoms with Crippen LogP contribution in [0.5, 0.6) is 11.5 Å². The molecule has 0 radical (unpaired) electrons. The van der Waals surface area contributed by atoms with E-state index in [0.29, 0.717) is 12.1 Å². The maximum atomic E-state index is 11.8. The number of carbonyl (C=O) groups excluding carboxylic acids is 1. The molecular formula is C18H29NO4. The zero-order valence-corrected chi connectivity index (χ0v) is 14.9. The van der Waals surface area contributed by atoms with Crippen LogP contribution >= 0.6 is 0 Å². The van der Waals surface area contributed by atoms with Crippen molar-refractivity contribution in [3.05, 3.63) is 23.8 Å². The number of rotatable bonds is 5. The van der Waals surface area contributed by atoms with Crippen LogP contribution in [0.25, 0.3) is 0 Å². The Balaban J connectivity index is 2.72. The lowest BCUT2D eigenvalue weighted by Crippen LogP contribution is -2.38. The van der Waals surface area contributed by atoms with Crippen LogP contribution < -0.4 is 10.1 Å². The van der Waals surface area contributed by atoms with Gasteiger partial charge in [-0.05, 0) is 43.9 Å². The Morgan fingerprint density at radius 3 is 2.30 bits per heavy atom.